The Morgan fingerprint density at radius 1 is 1.17 bits per heavy atom. The Morgan fingerprint density at radius 3 is 2.52 bits per heavy atom. The highest BCUT2D eigenvalue weighted by atomic mass is 35.5. The first-order valence-corrected chi connectivity index (χ1v) is 7.50. The predicted octanol–water partition coefficient (Wildman–Crippen LogP) is 1.63. The van der Waals surface area contributed by atoms with Crippen LogP contribution in [0, 0.1) is 6.92 Å². The van der Waals surface area contributed by atoms with E-state index in [1.165, 1.54) is 10.7 Å². The number of aromatic nitrogens is 2. The van der Waals surface area contributed by atoms with Crippen LogP contribution in [0.1, 0.15) is 29.4 Å². The number of halogens is 1. The number of aryl methyl sites for hydroxylation is 1. The van der Waals surface area contributed by atoms with Gasteiger partial charge in [0.25, 0.3) is 11.5 Å². The van der Waals surface area contributed by atoms with Gasteiger partial charge in [0.15, 0.2) is 0 Å². The van der Waals surface area contributed by atoms with E-state index in [1.807, 2.05) is 31.2 Å². The molecule has 126 valence electrons. The minimum absolute atomic E-state index is 0. The number of rotatable bonds is 7. The Labute approximate surface area is 141 Å². The number of hydrogen-bond acceptors (Lipinski definition) is 3. The second-order valence-corrected chi connectivity index (χ2v) is 5.18. The summed E-state index contributed by atoms with van der Waals surface area (Å²) in [5.74, 6) is -0.277. The second-order valence-electron chi connectivity index (χ2n) is 5.18. The van der Waals surface area contributed by atoms with Crippen molar-refractivity contribution in [2.24, 2.45) is 0 Å². The Hall–Kier alpha value is -2.05. The second kappa shape index (κ2) is 9.17. The van der Waals surface area contributed by atoms with Gasteiger partial charge in [-0.05, 0) is 32.0 Å². The number of H-pyrrole nitrogens is 1. The van der Waals surface area contributed by atoms with Gasteiger partial charge in [0, 0.05) is 19.2 Å². The molecule has 0 aliphatic heterocycles. The molecule has 0 spiro atoms. The highest BCUT2D eigenvalue weighted by molar-refractivity contribution is 5.92. The van der Waals surface area contributed by atoms with Crippen molar-refractivity contribution < 1.29 is 4.79 Å². The van der Waals surface area contributed by atoms with Crippen molar-refractivity contribution in [3.63, 3.8) is 0 Å². The number of nitrogens with one attached hydrogen (secondary N) is 3. The molecule has 3 N–H and O–H groups in total. The van der Waals surface area contributed by atoms with E-state index < -0.39 is 0 Å². The van der Waals surface area contributed by atoms with E-state index in [0.717, 1.165) is 18.5 Å². The van der Waals surface area contributed by atoms with Gasteiger partial charge in [0.1, 0.15) is 5.69 Å². The molecule has 0 bridgehead atoms. The van der Waals surface area contributed by atoms with Crippen LogP contribution in [0.25, 0.3) is 5.69 Å². The summed E-state index contributed by atoms with van der Waals surface area (Å²) in [4.78, 5) is 24.0. The maximum absolute atomic E-state index is 12.0. The number of carbonyl (C=O) groups excluding carboxylic acids is 1. The van der Waals surface area contributed by atoms with Crippen LogP contribution >= 0.6 is 12.4 Å². The molecule has 1 heterocycles. The third kappa shape index (κ3) is 5.26. The minimum atomic E-state index is -0.277. The minimum Gasteiger partial charge on any atom is -0.349 e. The van der Waals surface area contributed by atoms with Crippen molar-refractivity contribution in [1.82, 2.24) is 20.4 Å². The summed E-state index contributed by atoms with van der Waals surface area (Å²) in [6.07, 6.45) is 1.06. The van der Waals surface area contributed by atoms with Crippen LogP contribution in [0.4, 0.5) is 0 Å². The standard InChI is InChI=1S/C16H22N4O2.ClH/c1-3-8-17-9-10-18-16(22)14-11-15(21)20(19-14)13-6-4-12(2)5-7-13;/h4-7,11,17,19H,3,8-10H2,1-2H3,(H,18,22);1H. The highest BCUT2D eigenvalue weighted by Gasteiger charge is 2.11. The number of hydrogen-bond donors (Lipinski definition) is 3. The van der Waals surface area contributed by atoms with Crippen molar-refractivity contribution >= 4 is 18.3 Å². The zero-order chi connectivity index (χ0) is 15.9. The first-order chi connectivity index (χ1) is 10.6. The monoisotopic (exact) mass is 338 g/mol. The molecule has 2 rings (SSSR count). The largest absolute Gasteiger partial charge is 0.349 e. The molecule has 2 aromatic rings. The van der Waals surface area contributed by atoms with E-state index in [1.54, 1.807) is 0 Å². The van der Waals surface area contributed by atoms with Gasteiger partial charge in [-0.2, -0.15) is 0 Å². The van der Waals surface area contributed by atoms with E-state index in [4.69, 9.17) is 0 Å². The van der Waals surface area contributed by atoms with Crippen molar-refractivity contribution in [3.05, 3.63) is 51.9 Å². The molecule has 1 aromatic carbocycles. The number of benzene rings is 1. The van der Waals surface area contributed by atoms with E-state index in [-0.39, 0.29) is 29.6 Å². The van der Waals surface area contributed by atoms with Crippen molar-refractivity contribution in [3.8, 4) is 5.69 Å². The lowest BCUT2D eigenvalue weighted by molar-refractivity contribution is 0.0948. The number of aromatic amines is 1. The van der Waals surface area contributed by atoms with Crippen LogP contribution in [-0.2, 0) is 0 Å². The average molecular weight is 339 g/mol. The van der Waals surface area contributed by atoms with Crippen LogP contribution in [-0.4, -0.2) is 35.3 Å². The van der Waals surface area contributed by atoms with Crippen LogP contribution in [0.5, 0.6) is 0 Å². The highest BCUT2D eigenvalue weighted by Crippen LogP contribution is 2.06. The average Bonchev–Trinajstić information content (AvgIpc) is 2.90. The summed E-state index contributed by atoms with van der Waals surface area (Å²) in [5, 5.41) is 8.81. The summed E-state index contributed by atoms with van der Waals surface area (Å²) in [7, 11) is 0. The van der Waals surface area contributed by atoms with E-state index in [9.17, 15) is 9.59 Å². The summed E-state index contributed by atoms with van der Waals surface area (Å²) in [5.41, 5.74) is 1.83. The van der Waals surface area contributed by atoms with E-state index >= 15 is 0 Å². The number of amides is 1. The summed E-state index contributed by atoms with van der Waals surface area (Å²) >= 11 is 0. The molecule has 0 fully saturated rings. The van der Waals surface area contributed by atoms with Crippen LogP contribution in [0.2, 0.25) is 0 Å². The van der Waals surface area contributed by atoms with E-state index in [2.05, 4.69) is 22.7 Å². The maximum Gasteiger partial charge on any atom is 0.271 e. The molecule has 0 aliphatic rings. The quantitative estimate of drug-likeness (QED) is 0.671. The fraction of sp³-hybridized carbons (Fsp3) is 0.375. The van der Waals surface area contributed by atoms with Crippen LogP contribution < -0.4 is 16.2 Å². The smallest absolute Gasteiger partial charge is 0.271 e. The lowest BCUT2D eigenvalue weighted by atomic mass is 10.2. The Bertz CT molecular complexity index is 676. The van der Waals surface area contributed by atoms with Gasteiger partial charge in [-0.1, -0.05) is 24.6 Å². The van der Waals surface area contributed by atoms with Crippen molar-refractivity contribution in [1.29, 1.82) is 0 Å². The first-order valence-electron chi connectivity index (χ1n) is 7.50. The molecule has 1 amide bonds. The van der Waals surface area contributed by atoms with E-state index in [0.29, 0.717) is 18.8 Å². The molecule has 0 saturated heterocycles. The summed E-state index contributed by atoms with van der Waals surface area (Å²) in [6.45, 7) is 6.23. The molecule has 1 aromatic heterocycles. The van der Waals surface area contributed by atoms with Gasteiger partial charge in [0.2, 0.25) is 0 Å². The first kappa shape index (κ1) is 19.0. The van der Waals surface area contributed by atoms with Crippen LogP contribution in [0.3, 0.4) is 0 Å². The molecule has 7 heteroatoms. The Morgan fingerprint density at radius 2 is 1.87 bits per heavy atom. The van der Waals surface area contributed by atoms with Crippen molar-refractivity contribution in [2.75, 3.05) is 19.6 Å². The fourth-order valence-corrected chi connectivity index (χ4v) is 2.06. The van der Waals surface area contributed by atoms with Gasteiger partial charge >= 0.3 is 0 Å². The molecule has 0 atom stereocenters. The molecular weight excluding hydrogens is 316 g/mol. The molecule has 6 nitrogen and oxygen atoms in total. The predicted molar refractivity (Wildman–Crippen MR) is 93.9 cm³/mol. The zero-order valence-electron chi connectivity index (χ0n) is 13.4. The third-order valence-electron chi connectivity index (χ3n) is 3.27. The molecular formula is C16H23ClN4O2. The maximum atomic E-state index is 12.0. The molecule has 0 radical (unpaired) electrons. The van der Waals surface area contributed by atoms with Crippen LogP contribution in [0.15, 0.2) is 35.1 Å². The molecule has 23 heavy (non-hydrogen) atoms. The van der Waals surface area contributed by atoms with Gasteiger partial charge < -0.3 is 10.6 Å². The SMILES string of the molecule is CCCNCCNC(=O)c1cc(=O)n(-c2ccc(C)cc2)[nH]1.Cl. The van der Waals surface area contributed by atoms with Gasteiger partial charge in [-0.15, -0.1) is 12.4 Å². The van der Waals surface area contributed by atoms with Crippen molar-refractivity contribution in [2.45, 2.75) is 20.3 Å². The normalized spacial score (nSPS) is 10.2. The van der Waals surface area contributed by atoms with Gasteiger partial charge in [0.05, 0.1) is 5.69 Å². The lowest BCUT2D eigenvalue weighted by Crippen LogP contribution is -2.32. The summed E-state index contributed by atoms with van der Waals surface area (Å²) in [6, 6.07) is 8.82. The Balaban J connectivity index is 0.00000264. The Kier molecular flexibility index (Phi) is 7.57. The third-order valence-corrected chi connectivity index (χ3v) is 3.27. The lowest BCUT2D eigenvalue weighted by Gasteiger charge is -2.05. The zero-order valence-corrected chi connectivity index (χ0v) is 14.2. The van der Waals surface area contributed by atoms with Gasteiger partial charge in [-0.3, -0.25) is 14.7 Å². The molecule has 0 saturated carbocycles. The van der Waals surface area contributed by atoms with Gasteiger partial charge in [-0.25, -0.2) is 4.68 Å². The molecule has 0 aliphatic carbocycles. The number of carbonyl (C=O) groups is 1. The fourth-order valence-electron chi connectivity index (χ4n) is 2.06. The summed E-state index contributed by atoms with van der Waals surface area (Å²) < 4.78 is 1.36. The molecule has 0 unspecified atom stereocenters. The topological polar surface area (TPSA) is 78.9 Å². The number of nitrogens with zero attached hydrogens (tertiary/aromatic N) is 1.